The van der Waals surface area contributed by atoms with E-state index in [0.717, 1.165) is 0 Å². The number of carboxylic acid groups (broad SMARTS) is 2. The molecule has 0 aromatic rings. The van der Waals surface area contributed by atoms with E-state index in [9.17, 15) is 9.59 Å². The molecule has 0 aromatic heterocycles. The molecule has 2 unspecified atom stereocenters. The first-order chi connectivity index (χ1) is 9.66. The Labute approximate surface area is 133 Å². The van der Waals surface area contributed by atoms with E-state index in [0.29, 0.717) is 0 Å². The van der Waals surface area contributed by atoms with Crippen LogP contribution in [0.5, 0.6) is 0 Å². The van der Waals surface area contributed by atoms with E-state index < -0.39 is 39.4 Å². The first-order valence-corrected chi connectivity index (χ1v) is 3.93. The van der Waals surface area contributed by atoms with Gasteiger partial charge in [0, 0.05) is 0 Å². The van der Waals surface area contributed by atoms with Gasteiger partial charge >= 0.3 is 29.3 Å². The number of hydrogen-bond acceptors (Lipinski definition) is 13. The van der Waals surface area contributed by atoms with E-state index >= 15 is 0 Å². The van der Waals surface area contributed by atoms with Crippen LogP contribution in [0.3, 0.4) is 0 Å². The van der Waals surface area contributed by atoms with Gasteiger partial charge in [-0.15, -0.1) is 0 Å². The molecule has 0 aliphatic heterocycles. The third-order valence-electron chi connectivity index (χ3n) is 0.805. The van der Waals surface area contributed by atoms with Crippen molar-refractivity contribution in [3.05, 3.63) is 46.0 Å². The number of aliphatic hydroxyl groups excluding tert-OH is 2. The predicted molar refractivity (Wildman–Crippen MR) is 64.1 cm³/mol. The molecule has 0 aliphatic rings. The zero-order valence-corrected chi connectivity index (χ0v) is 11.5. The van der Waals surface area contributed by atoms with Crippen molar-refractivity contribution in [3.63, 3.8) is 0 Å². The molecule has 19 heteroatoms. The Morgan fingerprint density at radius 2 is 0.739 bits per heavy atom. The minimum Gasteiger partial charge on any atom is -0.479 e. The van der Waals surface area contributed by atoms with Crippen LogP contribution in [-0.4, -0.2) is 77.2 Å². The Kier molecular flexibility index (Phi) is 26.5. The summed E-state index contributed by atoms with van der Waals surface area (Å²) in [7, 11) is 0. The molecule has 0 fully saturated rings. The minimum absolute atomic E-state index is 0. The number of rotatable bonds is 3. The smallest absolute Gasteiger partial charge is 0.479 e. The summed E-state index contributed by atoms with van der Waals surface area (Å²) >= 11 is 0. The molecule has 0 rings (SSSR count). The van der Waals surface area contributed by atoms with Gasteiger partial charge in [-0.2, -0.15) is 0 Å². The quantitative estimate of drug-likeness (QED) is 0.217. The van der Waals surface area contributed by atoms with Crippen molar-refractivity contribution in [2.75, 3.05) is 0 Å². The Balaban J connectivity index is -0.0000000700. The van der Waals surface area contributed by atoms with Gasteiger partial charge in [-0.3, -0.25) is 0 Å². The Morgan fingerprint density at radius 3 is 0.783 bits per heavy atom. The molecule has 2 atom stereocenters. The molecule has 0 saturated carbocycles. The standard InChI is InChI=1S/C4H6O6.Al.3NO3/c5-1(3(7)8)2(6)4(9)10;;3*2-1(3)4/h1-2,5-6H,(H,7,8)(H,9,10);;;;/q;+3;3*-1. The first kappa shape index (κ1) is 32.1. The molecule has 23 heavy (non-hydrogen) atoms. The maximum Gasteiger partial charge on any atom is 3.00 e. The van der Waals surface area contributed by atoms with E-state index in [1.807, 2.05) is 0 Å². The summed E-state index contributed by atoms with van der Waals surface area (Å²) < 4.78 is 0. The van der Waals surface area contributed by atoms with Crippen LogP contribution in [-0.2, 0) is 9.59 Å². The third-order valence-corrected chi connectivity index (χ3v) is 0.805. The number of hydrogen-bond donors (Lipinski definition) is 4. The molecule has 0 saturated heterocycles. The van der Waals surface area contributed by atoms with Crippen LogP contribution in [0.2, 0.25) is 0 Å². The van der Waals surface area contributed by atoms with E-state index in [-0.39, 0.29) is 17.4 Å². The van der Waals surface area contributed by atoms with Gasteiger partial charge in [0.25, 0.3) is 0 Å². The molecule has 4 N–H and O–H groups in total. The van der Waals surface area contributed by atoms with E-state index in [1.165, 1.54) is 0 Å². The third kappa shape index (κ3) is 67.8. The predicted octanol–water partition coefficient (Wildman–Crippen LogP) is -3.22. The fraction of sp³-hybridized carbons (Fsp3) is 0.500. The van der Waals surface area contributed by atoms with Gasteiger partial charge in [0.1, 0.15) is 0 Å². The molecule has 0 radical (unpaired) electrons. The second kappa shape index (κ2) is 19.0. The van der Waals surface area contributed by atoms with Crippen molar-refractivity contribution in [2.45, 2.75) is 12.2 Å². The van der Waals surface area contributed by atoms with Crippen LogP contribution >= 0.6 is 0 Å². The van der Waals surface area contributed by atoms with Gasteiger partial charge in [0.2, 0.25) is 0 Å². The molecule has 0 heterocycles. The molecular formula is C4H6AlN3O15. The van der Waals surface area contributed by atoms with Crippen LogP contribution in [0.1, 0.15) is 0 Å². The van der Waals surface area contributed by atoms with Crippen molar-refractivity contribution in [1.29, 1.82) is 0 Å². The van der Waals surface area contributed by atoms with Crippen molar-refractivity contribution in [2.24, 2.45) is 0 Å². The number of nitrogens with zero attached hydrogens (tertiary/aromatic N) is 3. The summed E-state index contributed by atoms with van der Waals surface area (Å²) in [6.45, 7) is 0. The fourth-order valence-corrected chi connectivity index (χ4v) is 0.270. The van der Waals surface area contributed by atoms with Gasteiger partial charge < -0.3 is 66.4 Å². The summed E-state index contributed by atoms with van der Waals surface area (Å²) in [6, 6.07) is 0. The Morgan fingerprint density at radius 1 is 0.652 bits per heavy atom. The molecular weight excluding hydrogens is 357 g/mol. The summed E-state index contributed by atoms with van der Waals surface area (Å²) in [6.07, 6.45) is -4.53. The topological polar surface area (TPSA) is 314 Å². The van der Waals surface area contributed by atoms with Crippen LogP contribution in [0.15, 0.2) is 0 Å². The van der Waals surface area contributed by atoms with Crippen LogP contribution in [0, 0.1) is 46.0 Å². The Bertz CT molecular complexity index is 326. The number of aliphatic hydroxyl groups is 2. The maximum atomic E-state index is 9.77. The maximum absolute atomic E-state index is 9.77. The van der Waals surface area contributed by atoms with Gasteiger partial charge in [0.15, 0.2) is 12.2 Å². The second-order valence-electron chi connectivity index (χ2n) is 2.24. The van der Waals surface area contributed by atoms with E-state index in [1.54, 1.807) is 0 Å². The number of aliphatic carboxylic acids is 2. The van der Waals surface area contributed by atoms with Crippen molar-refractivity contribution in [3.8, 4) is 0 Å². The van der Waals surface area contributed by atoms with Gasteiger partial charge in [-0.25, -0.2) is 9.59 Å². The average Bonchev–Trinajstić information content (AvgIpc) is 2.24. The van der Waals surface area contributed by atoms with Gasteiger partial charge in [0.05, 0.1) is 15.3 Å². The summed E-state index contributed by atoms with van der Waals surface area (Å²) in [5, 5.41) is 76.8. The minimum atomic E-state index is -2.27. The number of carbonyl (C=O) groups is 2. The molecule has 0 amide bonds. The molecule has 0 aromatic carbocycles. The van der Waals surface area contributed by atoms with Gasteiger partial charge in [-0.05, 0) is 0 Å². The average molecular weight is 363 g/mol. The molecule has 130 valence electrons. The fourth-order valence-electron chi connectivity index (χ4n) is 0.270. The zero-order chi connectivity index (χ0) is 19.0. The van der Waals surface area contributed by atoms with Crippen molar-refractivity contribution in [1.82, 2.24) is 0 Å². The molecule has 0 spiro atoms. The SMILES string of the molecule is O=C(O)C(O)C(O)C(=O)O.O=[N+]([O-])[O-].O=[N+]([O-])[O-].O=[N+]([O-])[O-].[Al+3]. The van der Waals surface area contributed by atoms with Crippen LogP contribution < -0.4 is 0 Å². The van der Waals surface area contributed by atoms with Crippen molar-refractivity contribution >= 4 is 29.3 Å². The largest absolute Gasteiger partial charge is 3.00 e. The zero-order valence-electron chi connectivity index (χ0n) is 10.4. The van der Waals surface area contributed by atoms with Crippen LogP contribution in [0.4, 0.5) is 0 Å². The molecule has 18 nitrogen and oxygen atoms in total. The van der Waals surface area contributed by atoms with E-state index in [2.05, 4.69) is 0 Å². The normalized spacial score (nSPS) is 10.0. The molecule has 0 aliphatic carbocycles. The van der Waals surface area contributed by atoms with E-state index in [4.69, 9.17) is 66.4 Å². The van der Waals surface area contributed by atoms with Gasteiger partial charge in [-0.1, -0.05) is 0 Å². The monoisotopic (exact) mass is 363 g/mol. The summed E-state index contributed by atoms with van der Waals surface area (Å²) in [4.78, 5) is 44.3. The summed E-state index contributed by atoms with van der Waals surface area (Å²) in [5.41, 5.74) is 0. The first-order valence-electron chi connectivity index (χ1n) is 3.93. The summed E-state index contributed by atoms with van der Waals surface area (Å²) in [5.74, 6) is -3.54. The Hall–Kier alpha value is -3.01. The molecule has 0 bridgehead atoms. The number of carboxylic acids is 2. The van der Waals surface area contributed by atoms with Crippen molar-refractivity contribution < 1.29 is 45.3 Å². The second-order valence-corrected chi connectivity index (χ2v) is 2.24. The van der Waals surface area contributed by atoms with Crippen LogP contribution in [0.25, 0.3) is 0 Å².